The van der Waals surface area contributed by atoms with E-state index >= 15 is 0 Å². The maximum absolute atomic E-state index is 11.6. The summed E-state index contributed by atoms with van der Waals surface area (Å²) in [5.41, 5.74) is 1.60. The molecule has 0 bridgehead atoms. The van der Waals surface area contributed by atoms with Crippen molar-refractivity contribution in [3.05, 3.63) is 42.0 Å². The minimum Gasteiger partial charge on any atom is -0.465 e. The molecule has 3 nitrogen and oxygen atoms in total. The van der Waals surface area contributed by atoms with Crippen LogP contribution in [0.3, 0.4) is 0 Å². The van der Waals surface area contributed by atoms with Gasteiger partial charge in [-0.25, -0.2) is 4.79 Å². The van der Waals surface area contributed by atoms with E-state index in [0.29, 0.717) is 5.56 Å². The van der Waals surface area contributed by atoms with Gasteiger partial charge in [0, 0.05) is 18.1 Å². The lowest BCUT2D eigenvalue weighted by Crippen LogP contribution is -2.02. The van der Waals surface area contributed by atoms with E-state index in [2.05, 4.69) is 5.32 Å². The van der Waals surface area contributed by atoms with E-state index in [1.54, 1.807) is 6.07 Å². The maximum atomic E-state index is 11.6. The molecule has 0 heterocycles. The topological polar surface area (TPSA) is 38.3 Å². The summed E-state index contributed by atoms with van der Waals surface area (Å²) in [4.78, 5) is 11.6. The number of rotatable bonds is 2. The molecular weight excluding hydrogens is 202 g/mol. The van der Waals surface area contributed by atoms with Gasteiger partial charge in [0.1, 0.15) is 0 Å². The monoisotopic (exact) mass is 215 g/mol. The van der Waals surface area contributed by atoms with Crippen LogP contribution in [0.25, 0.3) is 10.8 Å². The zero-order valence-electron chi connectivity index (χ0n) is 9.28. The van der Waals surface area contributed by atoms with E-state index in [4.69, 9.17) is 4.74 Å². The predicted octanol–water partition coefficient (Wildman–Crippen LogP) is 2.67. The van der Waals surface area contributed by atoms with Crippen molar-refractivity contribution >= 4 is 22.4 Å². The number of esters is 1. The summed E-state index contributed by atoms with van der Waals surface area (Å²) in [5, 5.41) is 5.03. The van der Waals surface area contributed by atoms with Crippen molar-refractivity contribution in [2.45, 2.75) is 0 Å². The zero-order chi connectivity index (χ0) is 11.5. The molecule has 2 rings (SSSR count). The molecule has 0 fully saturated rings. The molecule has 0 aromatic heterocycles. The molecule has 0 saturated heterocycles. The quantitative estimate of drug-likeness (QED) is 0.783. The molecule has 0 radical (unpaired) electrons. The molecule has 0 aliphatic carbocycles. The van der Waals surface area contributed by atoms with Crippen LogP contribution >= 0.6 is 0 Å². The van der Waals surface area contributed by atoms with Crippen LogP contribution in [0.1, 0.15) is 10.4 Å². The molecule has 1 N–H and O–H groups in total. The predicted molar refractivity (Wildman–Crippen MR) is 64.8 cm³/mol. The highest BCUT2D eigenvalue weighted by Gasteiger charge is 2.10. The van der Waals surface area contributed by atoms with Crippen LogP contribution in [0.15, 0.2) is 36.4 Å². The van der Waals surface area contributed by atoms with E-state index in [-0.39, 0.29) is 5.97 Å². The SMILES string of the molecule is CNc1cccc2c(C(=O)OC)cccc12. The van der Waals surface area contributed by atoms with Gasteiger partial charge in [0.2, 0.25) is 0 Å². The maximum Gasteiger partial charge on any atom is 0.338 e. The van der Waals surface area contributed by atoms with Crippen molar-refractivity contribution in [2.75, 3.05) is 19.5 Å². The number of benzene rings is 2. The Kier molecular flexibility index (Phi) is 2.77. The van der Waals surface area contributed by atoms with Gasteiger partial charge in [0.25, 0.3) is 0 Å². The number of hydrogen-bond donors (Lipinski definition) is 1. The van der Waals surface area contributed by atoms with Gasteiger partial charge < -0.3 is 10.1 Å². The molecule has 0 aliphatic heterocycles. The third-order valence-corrected chi connectivity index (χ3v) is 2.60. The van der Waals surface area contributed by atoms with Gasteiger partial charge >= 0.3 is 5.97 Å². The van der Waals surface area contributed by atoms with E-state index in [0.717, 1.165) is 16.5 Å². The second-order valence-corrected chi connectivity index (χ2v) is 3.45. The second-order valence-electron chi connectivity index (χ2n) is 3.45. The first kappa shape index (κ1) is 10.5. The third kappa shape index (κ3) is 1.60. The Hall–Kier alpha value is -2.03. The summed E-state index contributed by atoms with van der Waals surface area (Å²) in [7, 11) is 3.25. The lowest BCUT2D eigenvalue weighted by molar-refractivity contribution is 0.0603. The van der Waals surface area contributed by atoms with Crippen LogP contribution in [-0.2, 0) is 4.74 Å². The lowest BCUT2D eigenvalue weighted by atomic mass is 10.0. The summed E-state index contributed by atoms with van der Waals surface area (Å²) < 4.78 is 4.76. The number of anilines is 1. The van der Waals surface area contributed by atoms with E-state index in [1.807, 2.05) is 37.4 Å². The smallest absolute Gasteiger partial charge is 0.338 e. The number of hydrogen-bond acceptors (Lipinski definition) is 3. The van der Waals surface area contributed by atoms with E-state index in [9.17, 15) is 4.79 Å². The Labute approximate surface area is 94.0 Å². The highest BCUT2D eigenvalue weighted by molar-refractivity contribution is 6.07. The van der Waals surface area contributed by atoms with Crippen molar-refractivity contribution in [3.8, 4) is 0 Å². The van der Waals surface area contributed by atoms with Gasteiger partial charge in [-0.05, 0) is 17.5 Å². The standard InChI is InChI=1S/C13H13NO2/c1-14-12-8-4-5-9-10(12)6-3-7-11(9)13(15)16-2/h3-8,14H,1-2H3. The first-order valence-electron chi connectivity index (χ1n) is 5.05. The van der Waals surface area contributed by atoms with Gasteiger partial charge in [-0.15, -0.1) is 0 Å². The molecule has 0 aliphatic rings. The summed E-state index contributed by atoms with van der Waals surface area (Å²) >= 11 is 0. The summed E-state index contributed by atoms with van der Waals surface area (Å²) in [6, 6.07) is 11.4. The third-order valence-electron chi connectivity index (χ3n) is 2.60. The number of carbonyl (C=O) groups is 1. The Morgan fingerprint density at radius 1 is 1.12 bits per heavy atom. The Bertz CT molecular complexity index is 534. The summed E-state index contributed by atoms with van der Waals surface area (Å²) in [6.45, 7) is 0. The average molecular weight is 215 g/mol. The van der Waals surface area contributed by atoms with Crippen LogP contribution < -0.4 is 5.32 Å². The molecule has 0 spiro atoms. The minimum atomic E-state index is -0.307. The van der Waals surface area contributed by atoms with Crippen LogP contribution in [-0.4, -0.2) is 20.1 Å². The zero-order valence-corrected chi connectivity index (χ0v) is 9.28. The highest BCUT2D eigenvalue weighted by atomic mass is 16.5. The molecule has 0 unspecified atom stereocenters. The Morgan fingerprint density at radius 2 is 1.81 bits per heavy atom. The van der Waals surface area contributed by atoms with Crippen LogP contribution in [0.2, 0.25) is 0 Å². The fourth-order valence-corrected chi connectivity index (χ4v) is 1.82. The first-order chi connectivity index (χ1) is 7.77. The van der Waals surface area contributed by atoms with Gasteiger partial charge in [-0.2, -0.15) is 0 Å². The molecule has 0 atom stereocenters. The molecule has 0 amide bonds. The molecule has 0 saturated carbocycles. The molecule has 82 valence electrons. The second kappa shape index (κ2) is 4.23. The number of nitrogens with one attached hydrogen (secondary N) is 1. The Balaban J connectivity index is 2.73. The fraction of sp³-hybridized carbons (Fsp3) is 0.154. The Morgan fingerprint density at radius 3 is 2.50 bits per heavy atom. The highest BCUT2D eigenvalue weighted by Crippen LogP contribution is 2.26. The average Bonchev–Trinajstić information content (AvgIpc) is 2.36. The van der Waals surface area contributed by atoms with Crippen molar-refractivity contribution in [1.82, 2.24) is 0 Å². The number of fused-ring (bicyclic) bond motifs is 1. The minimum absolute atomic E-state index is 0.307. The van der Waals surface area contributed by atoms with Gasteiger partial charge in [0.15, 0.2) is 0 Å². The molecule has 16 heavy (non-hydrogen) atoms. The van der Waals surface area contributed by atoms with Crippen molar-refractivity contribution in [2.24, 2.45) is 0 Å². The van der Waals surface area contributed by atoms with E-state index in [1.165, 1.54) is 7.11 Å². The van der Waals surface area contributed by atoms with Crippen molar-refractivity contribution < 1.29 is 9.53 Å². The van der Waals surface area contributed by atoms with Crippen molar-refractivity contribution in [1.29, 1.82) is 0 Å². The van der Waals surface area contributed by atoms with Crippen LogP contribution in [0.5, 0.6) is 0 Å². The van der Waals surface area contributed by atoms with Crippen LogP contribution in [0.4, 0.5) is 5.69 Å². The molecular formula is C13H13NO2. The van der Waals surface area contributed by atoms with Gasteiger partial charge in [-0.3, -0.25) is 0 Å². The lowest BCUT2D eigenvalue weighted by Gasteiger charge is -2.08. The molecule has 2 aromatic carbocycles. The van der Waals surface area contributed by atoms with Gasteiger partial charge in [-0.1, -0.05) is 24.3 Å². The van der Waals surface area contributed by atoms with Crippen molar-refractivity contribution in [3.63, 3.8) is 0 Å². The first-order valence-corrected chi connectivity index (χ1v) is 5.05. The summed E-state index contributed by atoms with van der Waals surface area (Å²) in [5.74, 6) is -0.307. The number of carbonyl (C=O) groups excluding carboxylic acids is 1. The normalized spacial score (nSPS) is 10.1. The summed E-state index contributed by atoms with van der Waals surface area (Å²) in [6.07, 6.45) is 0. The van der Waals surface area contributed by atoms with Gasteiger partial charge in [0.05, 0.1) is 12.7 Å². The number of ether oxygens (including phenoxy) is 1. The molecule has 2 aromatic rings. The molecule has 3 heteroatoms. The largest absolute Gasteiger partial charge is 0.465 e. The fourth-order valence-electron chi connectivity index (χ4n) is 1.82. The van der Waals surface area contributed by atoms with Crippen LogP contribution in [0, 0.1) is 0 Å². The van der Waals surface area contributed by atoms with E-state index < -0.39 is 0 Å². The number of methoxy groups -OCH3 is 1.